The summed E-state index contributed by atoms with van der Waals surface area (Å²) in [5.41, 5.74) is 1.14. The maximum atomic E-state index is 12.0. The molecule has 4 nitrogen and oxygen atoms in total. The smallest absolute Gasteiger partial charge is 0.178 e. The van der Waals surface area contributed by atoms with Gasteiger partial charge in [0.15, 0.2) is 9.84 Å². The van der Waals surface area contributed by atoms with E-state index >= 15 is 0 Å². The van der Waals surface area contributed by atoms with Crippen LogP contribution in [0.3, 0.4) is 0 Å². The summed E-state index contributed by atoms with van der Waals surface area (Å²) < 4.78 is 24.1. The zero-order valence-electron chi connectivity index (χ0n) is 12.6. The van der Waals surface area contributed by atoms with Gasteiger partial charge in [0.25, 0.3) is 0 Å². The molecule has 2 aliphatic rings. The van der Waals surface area contributed by atoms with Crippen molar-refractivity contribution < 1.29 is 8.42 Å². The molecular formula is C16H24N2O2S. The molecule has 116 valence electrons. The molecule has 3 rings (SSSR count). The fourth-order valence-corrected chi connectivity index (χ4v) is 4.83. The minimum absolute atomic E-state index is 0.226. The third-order valence-corrected chi connectivity index (χ3v) is 6.57. The molecule has 0 aliphatic carbocycles. The summed E-state index contributed by atoms with van der Waals surface area (Å²) in [6.45, 7) is 5.14. The van der Waals surface area contributed by atoms with Gasteiger partial charge in [-0.15, -0.1) is 0 Å². The number of rotatable bonds is 4. The molecule has 2 atom stereocenters. The second kappa shape index (κ2) is 5.97. The molecule has 1 N–H and O–H groups in total. The van der Waals surface area contributed by atoms with Gasteiger partial charge in [0.2, 0.25) is 0 Å². The van der Waals surface area contributed by atoms with E-state index in [4.69, 9.17) is 0 Å². The molecule has 21 heavy (non-hydrogen) atoms. The van der Waals surface area contributed by atoms with Crippen molar-refractivity contribution in [2.75, 3.05) is 30.3 Å². The molecule has 1 aromatic rings. The summed E-state index contributed by atoms with van der Waals surface area (Å²) in [6.07, 6.45) is 3.23. The number of hydrogen-bond donors (Lipinski definition) is 1. The van der Waals surface area contributed by atoms with Gasteiger partial charge in [-0.1, -0.05) is 6.92 Å². The molecule has 2 fully saturated rings. The van der Waals surface area contributed by atoms with E-state index in [1.807, 2.05) is 19.1 Å². The molecule has 2 heterocycles. The van der Waals surface area contributed by atoms with E-state index in [1.165, 1.54) is 12.8 Å². The lowest BCUT2D eigenvalue weighted by molar-refractivity contribution is 0.340. The first kappa shape index (κ1) is 14.9. The molecule has 0 saturated carbocycles. The topological polar surface area (TPSA) is 49.4 Å². The van der Waals surface area contributed by atoms with Crippen molar-refractivity contribution in [1.82, 2.24) is 5.32 Å². The Bertz CT molecular complexity index is 569. The summed E-state index contributed by atoms with van der Waals surface area (Å²) in [7, 11) is -3.10. The maximum absolute atomic E-state index is 12.0. The van der Waals surface area contributed by atoms with E-state index in [9.17, 15) is 8.42 Å². The van der Waals surface area contributed by atoms with Crippen LogP contribution in [-0.4, -0.2) is 39.8 Å². The first-order valence-corrected chi connectivity index (χ1v) is 9.56. The van der Waals surface area contributed by atoms with Crippen LogP contribution in [0.5, 0.6) is 0 Å². The number of piperidine rings is 1. The Kier molecular flexibility index (Phi) is 4.22. The standard InChI is InChI=1S/C16H24N2O2S/c1-2-10-21(19,20)15-7-5-14(6-8-15)18-11-13-4-3-9-17-16(13)12-18/h5-8,13,16-17H,2-4,9-12H2,1H3. The van der Waals surface area contributed by atoms with Crippen LogP contribution >= 0.6 is 0 Å². The SMILES string of the molecule is CCCS(=O)(=O)c1ccc(N2CC3CCCNC3C2)cc1. The fourth-order valence-electron chi connectivity index (χ4n) is 3.51. The summed E-state index contributed by atoms with van der Waals surface area (Å²) in [4.78, 5) is 2.83. The molecular weight excluding hydrogens is 284 g/mol. The number of sulfone groups is 1. The molecule has 0 bridgehead atoms. The zero-order valence-corrected chi connectivity index (χ0v) is 13.4. The quantitative estimate of drug-likeness (QED) is 0.925. The van der Waals surface area contributed by atoms with E-state index < -0.39 is 9.84 Å². The summed E-state index contributed by atoms with van der Waals surface area (Å²) >= 11 is 0. The highest BCUT2D eigenvalue weighted by molar-refractivity contribution is 7.91. The third kappa shape index (κ3) is 3.09. The first-order chi connectivity index (χ1) is 10.1. The number of anilines is 1. The van der Waals surface area contributed by atoms with Gasteiger partial charge in [-0.2, -0.15) is 0 Å². The van der Waals surface area contributed by atoms with Crippen molar-refractivity contribution in [1.29, 1.82) is 0 Å². The summed E-state index contributed by atoms with van der Waals surface area (Å²) in [5.74, 6) is 0.965. The molecule has 1 aromatic carbocycles. The van der Waals surface area contributed by atoms with Crippen LogP contribution in [0.1, 0.15) is 26.2 Å². The molecule has 2 saturated heterocycles. The van der Waals surface area contributed by atoms with Gasteiger partial charge in [0.05, 0.1) is 10.6 Å². The van der Waals surface area contributed by atoms with Gasteiger partial charge in [-0.3, -0.25) is 0 Å². The lowest BCUT2D eigenvalue weighted by atomic mass is 9.94. The van der Waals surface area contributed by atoms with Crippen molar-refractivity contribution in [2.45, 2.75) is 37.1 Å². The Morgan fingerprint density at radius 1 is 1.24 bits per heavy atom. The van der Waals surface area contributed by atoms with Crippen LogP contribution in [0.25, 0.3) is 0 Å². The van der Waals surface area contributed by atoms with Crippen LogP contribution < -0.4 is 10.2 Å². The van der Waals surface area contributed by atoms with Crippen LogP contribution in [0, 0.1) is 5.92 Å². The minimum Gasteiger partial charge on any atom is -0.370 e. The van der Waals surface area contributed by atoms with Gasteiger partial charge in [-0.25, -0.2) is 8.42 Å². The Morgan fingerprint density at radius 3 is 2.67 bits per heavy atom. The normalized spacial score (nSPS) is 25.9. The largest absolute Gasteiger partial charge is 0.370 e. The van der Waals surface area contributed by atoms with Crippen LogP contribution in [0.2, 0.25) is 0 Å². The van der Waals surface area contributed by atoms with E-state index in [2.05, 4.69) is 10.2 Å². The number of fused-ring (bicyclic) bond motifs is 1. The summed E-state index contributed by atoms with van der Waals surface area (Å²) in [6, 6.07) is 8.04. The van der Waals surface area contributed by atoms with Crippen molar-refractivity contribution in [3.8, 4) is 0 Å². The highest BCUT2D eigenvalue weighted by Gasteiger charge is 2.34. The number of nitrogens with one attached hydrogen (secondary N) is 1. The molecule has 2 aliphatic heterocycles. The van der Waals surface area contributed by atoms with Gasteiger partial charge in [0.1, 0.15) is 0 Å². The van der Waals surface area contributed by atoms with E-state index in [0.29, 0.717) is 17.4 Å². The molecule has 5 heteroatoms. The molecule has 0 radical (unpaired) electrons. The third-order valence-electron chi connectivity index (χ3n) is 4.63. The van der Waals surface area contributed by atoms with Gasteiger partial charge in [0, 0.05) is 24.8 Å². The second-order valence-electron chi connectivity index (χ2n) is 6.18. The molecule has 0 spiro atoms. The number of benzene rings is 1. The van der Waals surface area contributed by atoms with Gasteiger partial charge in [-0.05, 0) is 56.0 Å². The second-order valence-corrected chi connectivity index (χ2v) is 8.29. The van der Waals surface area contributed by atoms with Crippen molar-refractivity contribution in [3.63, 3.8) is 0 Å². The monoisotopic (exact) mass is 308 g/mol. The van der Waals surface area contributed by atoms with Crippen molar-refractivity contribution in [2.24, 2.45) is 5.92 Å². The Hall–Kier alpha value is -1.07. The van der Waals surface area contributed by atoms with E-state index in [1.54, 1.807) is 12.1 Å². The minimum atomic E-state index is -3.10. The number of nitrogens with zero attached hydrogens (tertiary/aromatic N) is 1. The lowest BCUT2D eigenvalue weighted by Crippen LogP contribution is -2.40. The van der Waals surface area contributed by atoms with E-state index in [0.717, 1.165) is 31.2 Å². The Balaban J connectivity index is 1.73. The van der Waals surface area contributed by atoms with Crippen molar-refractivity contribution in [3.05, 3.63) is 24.3 Å². The molecule has 0 amide bonds. The van der Waals surface area contributed by atoms with Crippen LogP contribution in [-0.2, 0) is 9.84 Å². The highest BCUT2D eigenvalue weighted by atomic mass is 32.2. The Morgan fingerprint density at radius 2 is 2.00 bits per heavy atom. The lowest BCUT2D eigenvalue weighted by Gasteiger charge is -2.24. The number of hydrogen-bond acceptors (Lipinski definition) is 4. The van der Waals surface area contributed by atoms with E-state index in [-0.39, 0.29) is 5.75 Å². The predicted molar refractivity (Wildman–Crippen MR) is 85.5 cm³/mol. The van der Waals surface area contributed by atoms with Crippen molar-refractivity contribution >= 4 is 15.5 Å². The Labute approximate surface area is 127 Å². The summed E-state index contributed by atoms with van der Waals surface area (Å²) in [5, 5.41) is 3.60. The predicted octanol–water partition coefficient (Wildman–Crippen LogP) is 2.06. The fraction of sp³-hybridized carbons (Fsp3) is 0.625. The van der Waals surface area contributed by atoms with Crippen LogP contribution in [0.15, 0.2) is 29.2 Å². The first-order valence-electron chi connectivity index (χ1n) is 7.91. The van der Waals surface area contributed by atoms with Gasteiger partial charge >= 0.3 is 0 Å². The maximum Gasteiger partial charge on any atom is 0.178 e. The molecule has 0 aromatic heterocycles. The highest BCUT2D eigenvalue weighted by Crippen LogP contribution is 2.29. The average molecular weight is 308 g/mol. The molecule has 2 unspecified atom stereocenters. The van der Waals surface area contributed by atoms with Crippen LogP contribution in [0.4, 0.5) is 5.69 Å². The van der Waals surface area contributed by atoms with Gasteiger partial charge < -0.3 is 10.2 Å². The zero-order chi connectivity index (χ0) is 14.9. The average Bonchev–Trinajstić information content (AvgIpc) is 2.91.